The van der Waals surface area contributed by atoms with E-state index in [2.05, 4.69) is 25.3 Å². The summed E-state index contributed by atoms with van der Waals surface area (Å²) in [6.07, 6.45) is 1.75. The van der Waals surface area contributed by atoms with Crippen LogP contribution in [-0.2, 0) is 0 Å². The summed E-state index contributed by atoms with van der Waals surface area (Å²) < 4.78 is 0. The van der Waals surface area contributed by atoms with E-state index in [1.807, 2.05) is 0 Å². The summed E-state index contributed by atoms with van der Waals surface area (Å²) in [5, 5.41) is 13.2. The highest BCUT2D eigenvalue weighted by molar-refractivity contribution is 6.31. The highest BCUT2D eigenvalue weighted by atomic mass is 35.5. The maximum absolute atomic E-state index is 12.3. The molecule has 0 radical (unpaired) electrons. The number of aromatic amines is 1. The van der Waals surface area contributed by atoms with Crippen molar-refractivity contribution >= 4 is 40.5 Å². The van der Waals surface area contributed by atoms with E-state index in [0.29, 0.717) is 21.6 Å². The van der Waals surface area contributed by atoms with Crippen molar-refractivity contribution in [2.45, 2.75) is 13.0 Å². The molecule has 0 aliphatic carbocycles. The van der Waals surface area contributed by atoms with Crippen LogP contribution in [0.25, 0.3) is 11.0 Å². The van der Waals surface area contributed by atoms with Crippen molar-refractivity contribution in [2.24, 2.45) is 0 Å². The number of nitrogens with zero attached hydrogens (tertiary/aromatic N) is 4. The monoisotopic (exact) mass is 374 g/mol. The second-order valence-corrected chi connectivity index (χ2v) is 6.03. The third-order valence-corrected chi connectivity index (χ3v) is 3.98. The number of carboxylic acid groups (broad SMARTS) is 1. The normalized spacial score (nSPS) is 12.0. The molecule has 9 nitrogen and oxygen atoms in total. The minimum atomic E-state index is -1.14. The van der Waals surface area contributed by atoms with Crippen LogP contribution >= 0.6 is 11.6 Å². The Hall–Kier alpha value is -3.20. The van der Waals surface area contributed by atoms with Gasteiger partial charge in [0.1, 0.15) is 11.5 Å². The van der Waals surface area contributed by atoms with E-state index in [1.165, 1.54) is 25.5 Å². The molecule has 3 heterocycles. The predicted molar refractivity (Wildman–Crippen MR) is 97.9 cm³/mol. The fourth-order valence-corrected chi connectivity index (χ4v) is 2.55. The zero-order valence-corrected chi connectivity index (χ0v) is 14.7. The van der Waals surface area contributed by atoms with Crippen LogP contribution in [0.5, 0.6) is 0 Å². The number of nitrogens with one attached hydrogen (secondary N) is 2. The molecule has 0 fully saturated rings. The van der Waals surface area contributed by atoms with Crippen molar-refractivity contribution in [3.63, 3.8) is 0 Å². The third-order valence-electron chi connectivity index (χ3n) is 3.77. The fourth-order valence-electron chi connectivity index (χ4n) is 2.38. The quantitative estimate of drug-likeness (QED) is 0.641. The largest absolute Gasteiger partial charge is 0.465 e. The number of halogens is 1. The number of carbonyl (C=O) groups is 1. The Morgan fingerprint density at radius 3 is 2.88 bits per heavy atom. The number of H-pyrrole nitrogens is 1. The number of anilines is 2. The van der Waals surface area contributed by atoms with Crippen LogP contribution < -0.4 is 15.8 Å². The van der Waals surface area contributed by atoms with Gasteiger partial charge < -0.3 is 15.4 Å². The lowest BCUT2D eigenvalue weighted by molar-refractivity contribution is 0.203. The molecular formula is C16H15ClN6O3. The topological polar surface area (TPSA) is 124 Å². The predicted octanol–water partition coefficient (Wildman–Crippen LogP) is 2.65. The molecule has 1 atom stereocenters. The highest BCUT2D eigenvalue weighted by Gasteiger charge is 2.15. The lowest BCUT2D eigenvalue weighted by Crippen LogP contribution is -2.25. The number of fused-ring (bicyclic) bond motifs is 1. The standard InChI is InChI=1S/C16H15ClN6O3/c1-8(20-15-18-4-3-12(21-15)23(2)16(25)26)11-6-9-5-10(17)7-19-13(9)22-14(11)24/h3-8H,1-2H3,(H,25,26)(H,18,20,21)(H,19,22,24)/t8-/m0/s1. The van der Waals surface area contributed by atoms with Crippen LogP contribution in [0.15, 0.2) is 35.4 Å². The number of hydrogen-bond acceptors (Lipinski definition) is 6. The first-order valence-corrected chi connectivity index (χ1v) is 7.97. The van der Waals surface area contributed by atoms with Crippen LogP contribution in [0.4, 0.5) is 16.6 Å². The molecule has 0 aromatic carbocycles. The summed E-state index contributed by atoms with van der Waals surface area (Å²) in [6, 6.07) is 4.43. The minimum Gasteiger partial charge on any atom is -0.465 e. The van der Waals surface area contributed by atoms with E-state index >= 15 is 0 Å². The molecule has 26 heavy (non-hydrogen) atoms. The maximum Gasteiger partial charge on any atom is 0.412 e. The average Bonchev–Trinajstić information content (AvgIpc) is 2.60. The van der Waals surface area contributed by atoms with Gasteiger partial charge in [0.2, 0.25) is 5.95 Å². The van der Waals surface area contributed by atoms with E-state index in [1.54, 1.807) is 19.1 Å². The third kappa shape index (κ3) is 3.57. The van der Waals surface area contributed by atoms with E-state index in [-0.39, 0.29) is 17.3 Å². The SMILES string of the molecule is C[C@H](Nc1nccc(N(C)C(=O)O)n1)c1cc2cc(Cl)cnc2[nH]c1=O. The number of aromatic nitrogens is 4. The molecule has 0 aliphatic heterocycles. The number of hydrogen-bond donors (Lipinski definition) is 3. The van der Waals surface area contributed by atoms with Crippen molar-refractivity contribution in [1.29, 1.82) is 0 Å². The molecule has 3 rings (SSSR count). The average molecular weight is 375 g/mol. The summed E-state index contributed by atoms with van der Waals surface area (Å²) in [4.78, 5) is 39.3. The molecule has 0 bridgehead atoms. The van der Waals surface area contributed by atoms with E-state index in [4.69, 9.17) is 16.7 Å². The van der Waals surface area contributed by atoms with E-state index in [0.717, 1.165) is 4.90 Å². The Morgan fingerprint density at radius 2 is 2.15 bits per heavy atom. The van der Waals surface area contributed by atoms with Gasteiger partial charge in [0.25, 0.3) is 5.56 Å². The van der Waals surface area contributed by atoms with Gasteiger partial charge in [-0.05, 0) is 25.1 Å². The number of rotatable bonds is 4. The van der Waals surface area contributed by atoms with Crippen molar-refractivity contribution in [3.8, 4) is 0 Å². The molecule has 0 saturated carbocycles. The summed E-state index contributed by atoms with van der Waals surface area (Å²) in [7, 11) is 1.38. The Bertz CT molecular complexity index is 1040. The molecule has 0 spiro atoms. The second kappa shape index (κ2) is 6.96. The van der Waals surface area contributed by atoms with Gasteiger partial charge in [0, 0.05) is 30.4 Å². The van der Waals surface area contributed by atoms with Gasteiger partial charge in [-0.15, -0.1) is 0 Å². The molecule has 0 saturated heterocycles. The molecule has 10 heteroatoms. The Balaban J connectivity index is 1.91. The number of amides is 1. The second-order valence-electron chi connectivity index (χ2n) is 5.59. The Labute approximate surface area is 152 Å². The van der Waals surface area contributed by atoms with Crippen LogP contribution in [-0.4, -0.2) is 38.2 Å². The van der Waals surface area contributed by atoms with Crippen molar-refractivity contribution in [1.82, 2.24) is 19.9 Å². The van der Waals surface area contributed by atoms with Gasteiger partial charge in [0.05, 0.1) is 11.1 Å². The lowest BCUT2D eigenvalue weighted by atomic mass is 10.1. The van der Waals surface area contributed by atoms with E-state index in [9.17, 15) is 9.59 Å². The zero-order valence-electron chi connectivity index (χ0n) is 13.9. The van der Waals surface area contributed by atoms with Crippen LogP contribution in [0.2, 0.25) is 5.02 Å². The number of pyridine rings is 2. The zero-order chi connectivity index (χ0) is 18.8. The molecule has 3 aromatic heterocycles. The van der Waals surface area contributed by atoms with Crippen LogP contribution in [0.3, 0.4) is 0 Å². The van der Waals surface area contributed by atoms with Crippen LogP contribution in [0, 0.1) is 0 Å². The fraction of sp³-hybridized carbons (Fsp3) is 0.188. The van der Waals surface area contributed by atoms with Crippen LogP contribution in [0.1, 0.15) is 18.5 Å². The Morgan fingerprint density at radius 1 is 1.38 bits per heavy atom. The van der Waals surface area contributed by atoms with Crippen molar-refractivity contribution in [3.05, 3.63) is 51.5 Å². The van der Waals surface area contributed by atoms with E-state index < -0.39 is 12.1 Å². The first-order valence-electron chi connectivity index (χ1n) is 7.60. The van der Waals surface area contributed by atoms with Crippen molar-refractivity contribution < 1.29 is 9.90 Å². The first-order chi connectivity index (χ1) is 12.3. The Kier molecular flexibility index (Phi) is 4.72. The van der Waals surface area contributed by atoms with Crippen molar-refractivity contribution in [2.75, 3.05) is 17.3 Å². The molecule has 3 N–H and O–H groups in total. The van der Waals surface area contributed by atoms with Gasteiger partial charge in [-0.3, -0.25) is 9.69 Å². The molecule has 3 aromatic rings. The van der Waals surface area contributed by atoms with Gasteiger partial charge >= 0.3 is 6.09 Å². The smallest absolute Gasteiger partial charge is 0.412 e. The minimum absolute atomic E-state index is 0.201. The molecule has 134 valence electrons. The first kappa shape index (κ1) is 17.6. The van der Waals surface area contributed by atoms with Gasteiger partial charge in [0.15, 0.2) is 0 Å². The van der Waals surface area contributed by atoms with Gasteiger partial charge in [-0.25, -0.2) is 14.8 Å². The summed E-state index contributed by atoms with van der Waals surface area (Å²) in [5.41, 5.74) is 0.588. The lowest BCUT2D eigenvalue weighted by Gasteiger charge is -2.16. The summed E-state index contributed by atoms with van der Waals surface area (Å²) in [5.74, 6) is 0.414. The molecule has 1 amide bonds. The molecular weight excluding hydrogens is 360 g/mol. The molecule has 0 unspecified atom stereocenters. The molecule has 0 aliphatic rings. The van der Waals surface area contributed by atoms with Gasteiger partial charge in [-0.2, -0.15) is 4.98 Å². The van der Waals surface area contributed by atoms with Gasteiger partial charge in [-0.1, -0.05) is 11.6 Å². The summed E-state index contributed by atoms with van der Waals surface area (Å²) in [6.45, 7) is 1.77. The highest BCUT2D eigenvalue weighted by Crippen LogP contribution is 2.20. The summed E-state index contributed by atoms with van der Waals surface area (Å²) >= 11 is 5.95. The maximum atomic E-state index is 12.3.